The Morgan fingerprint density at radius 1 is 1.08 bits per heavy atom. The maximum absolute atomic E-state index is 12.7. The molecule has 2 aromatic carbocycles. The Bertz CT molecular complexity index is 796. The third kappa shape index (κ3) is 3.01. The highest BCUT2D eigenvalue weighted by Crippen LogP contribution is 2.43. The van der Waals surface area contributed by atoms with Crippen molar-refractivity contribution in [2.24, 2.45) is 0 Å². The molecule has 2 aromatic rings. The zero-order valence-corrected chi connectivity index (χ0v) is 14.3. The second-order valence-corrected chi connectivity index (χ2v) is 6.22. The first-order chi connectivity index (χ1) is 12.3. The molecule has 0 aromatic heterocycles. The van der Waals surface area contributed by atoms with Gasteiger partial charge >= 0.3 is 0 Å². The van der Waals surface area contributed by atoms with E-state index < -0.39 is 0 Å². The summed E-state index contributed by atoms with van der Waals surface area (Å²) in [6.45, 7) is 4.90. The van der Waals surface area contributed by atoms with Gasteiger partial charge in [0.2, 0.25) is 0 Å². The van der Waals surface area contributed by atoms with Crippen LogP contribution in [-0.2, 0) is 4.74 Å². The predicted octanol–water partition coefficient (Wildman–Crippen LogP) is 2.62. The van der Waals surface area contributed by atoms with Crippen molar-refractivity contribution in [2.75, 3.05) is 46.6 Å². The zero-order valence-electron chi connectivity index (χ0n) is 14.3. The maximum atomic E-state index is 12.7. The van der Waals surface area contributed by atoms with Crippen molar-refractivity contribution in [3.63, 3.8) is 0 Å². The van der Waals surface area contributed by atoms with Gasteiger partial charge in [-0.1, -0.05) is 12.1 Å². The lowest BCUT2D eigenvalue weighted by molar-refractivity contribution is 0.0323. The van der Waals surface area contributed by atoms with Crippen molar-refractivity contribution in [1.82, 2.24) is 4.90 Å². The number of benzene rings is 2. The van der Waals surface area contributed by atoms with E-state index in [4.69, 9.17) is 14.2 Å². The van der Waals surface area contributed by atoms with Crippen LogP contribution < -0.4 is 9.47 Å². The Morgan fingerprint density at radius 3 is 2.72 bits per heavy atom. The highest BCUT2D eigenvalue weighted by molar-refractivity contribution is 6.22. The molecule has 1 aliphatic carbocycles. The van der Waals surface area contributed by atoms with Crippen LogP contribution in [0.15, 0.2) is 36.4 Å². The van der Waals surface area contributed by atoms with Gasteiger partial charge in [-0.3, -0.25) is 9.69 Å². The molecule has 0 saturated carbocycles. The molecule has 1 fully saturated rings. The molecule has 5 heteroatoms. The topological polar surface area (TPSA) is 48.0 Å². The summed E-state index contributed by atoms with van der Waals surface area (Å²) in [6.07, 6.45) is 0. The number of morpholine rings is 1. The summed E-state index contributed by atoms with van der Waals surface area (Å²) in [5.41, 5.74) is 3.20. The molecule has 2 aliphatic rings. The van der Waals surface area contributed by atoms with Gasteiger partial charge in [0.05, 0.1) is 20.3 Å². The Morgan fingerprint density at radius 2 is 1.92 bits per heavy atom. The van der Waals surface area contributed by atoms with Gasteiger partial charge in [0, 0.05) is 36.3 Å². The number of rotatable bonds is 5. The van der Waals surface area contributed by atoms with Gasteiger partial charge in [-0.25, -0.2) is 0 Å². The van der Waals surface area contributed by atoms with Gasteiger partial charge < -0.3 is 14.2 Å². The molecular weight excluding hydrogens is 318 g/mol. The molecule has 1 aliphatic heterocycles. The highest BCUT2D eigenvalue weighted by atomic mass is 16.5. The van der Waals surface area contributed by atoms with Crippen LogP contribution in [0.2, 0.25) is 0 Å². The molecular formula is C20H21NO4. The van der Waals surface area contributed by atoms with Gasteiger partial charge in [0.25, 0.3) is 0 Å². The molecule has 0 spiro atoms. The molecule has 0 radical (unpaired) electrons. The number of carbonyl (C=O) groups excluding carboxylic acids is 1. The number of nitrogens with zero attached hydrogens (tertiary/aromatic N) is 1. The van der Waals surface area contributed by atoms with E-state index in [-0.39, 0.29) is 5.78 Å². The summed E-state index contributed by atoms with van der Waals surface area (Å²) >= 11 is 0. The second-order valence-electron chi connectivity index (χ2n) is 6.22. The Labute approximate surface area is 147 Å². The third-order valence-corrected chi connectivity index (χ3v) is 4.78. The standard InChI is InChI=1S/C20H21NO4/c1-23-14-5-6-15-17(13-14)20(22)16-3-2-4-18(19(15)16)25-12-9-21-7-10-24-11-8-21/h2-6,13H,7-12H2,1H3. The Balaban J connectivity index is 1.56. The van der Waals surface area contributed by atoms with Gasteiger partial charge in [-0.05, 0) is 29.8 Å². The average Bonchev–Trinajstić information content (AvgIpc) is 2.95. The van der Waals surface area contributed by atoms with Crippen LogP contribution in [0.25, 0.3) is 11.1 Å². The largest absolute Gasteiger partial charge is 0.497 e. The molecule has 0 atom stereocenters. The molecule has 1 heterocycles. The lowest BCUT2D eigenvalue weighted by atomic mass is 10.0. The minimum absolute atomic E-state index is 0.0301. The Kier molecular flexibility index (Phi) is 4.42. The maximum Gasteiger partial charge on any atom is 0.194 e. The summed E-state index contributed by atoms with van der Waals surface area (Å²) in [7, 11) is 1.61. The van der Waals surface area contributed by atoms with Crippen LogP contribution in [0.4, 0.5) is 0 Å². The molecule has 4 rings (SSSR count). The minimum Gasteiger partial charge on any atom is -0.497 e. The van der Waals surface area contributed by atoms with Gasteiger partial charge in [0.15, 0.2) is 5.78 Å². The highest BCUT2D eigenvalue weighted by Gasteiger charge is 2.29. The summed E-state index contributed by atoms with van der Waals surface area (Å²) in [4.78, 5) is 15.0. The van der Waals surface area contributed by atoms with Crippen LogP contribution >= 0.6 is 0 Å². The predicted molar refractivity (Wildman–Crippen MR) is 94.6 cm³/mol. The number of ether oxygens (including phenoxy) is 3. The molecule has 0 amide bonds. The van der Waals surface area contributed by atoms with Crippen molar-refractivity contribution in [3.05, 3.63) is 47.5 Å². The molecule has 0 bridgehead atoms. The van der Waals surface area contributed by atoms with Gasteiger partial charge in [-0.2, -0.15) is 0 Å². The molecule has 0 N–H and O–H groups in total. The summed E-state index contributed by atoms with van der Waals surface area (Å²) < 4.78 is 16.7. The van der Waals surface area contributed by atoms with E-state index in [1.54, 1.807) is 13.2 Å². The van der Waals surface area contributed by atoms with E-state index in [1.807, 2.05) is 30.3 Å². The molecule has 130 valence electrons. The van der Waals surface area contributed by atoms with E-state index >= 15 is 0 Å². The van der Waals surface area contributed by atoms with Crippen LogP contribution in [0.1, 0.15) is 15.9 Å². The van der Waals surface area contributed by atoms with E-state index in [0.717, 1.165) is 49.7 Å². The first kappa shape index (κ1) is 16.1. The van der Waals surface area contributed by atoms with Crippen LogP contribution in [0, 0.1) is 0 Å². The van der Waals surface area contributed by atoms with Crippen molar-refractivity contribution in [1.29, 1.82) is 0 Å². The third-order valence-electron chi connectivity index (χ3n) is 4.78. The van der Waals surface area contributed by atoms with Crippen molar-refractivity contribution in [2.45, 2.75) is 0 Å². The minimum atomic E-state index is 0.0301. The van der Waals surface area contributed by atoms with Crippen molar-refractivity contribution in [3.8, 4) is 22.6 Å². The van der Waals surface area contributed by atoms with Crippen LogP contribution in [0.5, 0.6) is 11.5 Å². The summed E-state index contributed by atoms with van der Waals surface area (Å²) in [5, 5.41) is 0. The van der Waals surface area contributed by atoms with Gasteiger partial charge in [0.1, 0.15) is 18.1 Å². The fraction of sp³-hybridized carbons (Fsp3) is 0.350. The number of hydrogen-bond acceptors (Lipinski definition) is 5. The van der Waals surface area contributed by atoms with Crippen molar-refractivity contribution < 1.29 is 19.0 Å². The number of methoxy groups -OCH3 is 1. The van der Waals surface area contributed by atoms with Gasteiger partial charge in [-0.15, -0.1) is 0 Å². The lowest BCUT2D eigenvalue weighted by Crippen LogP contribution is -2.38. The van der Waals surface area contributed by atoms with E-state index in [1.165, 1.54) is 0 Å². The van der Waals surface area contributed by atoms with E-state index in [2.05, 4.69) is 4.90 Å². The number of hydrogen-bond donors (Lipinski definition) is 0. The molecule has 5 nitrogen and oxygen atoms in total. The quantitative estimate of drug-likeness (QED) is 0.715. The molecule has 0 unspecified atom stereocenters. The summed E-state index contributed by atoms with van der Waals surface area (Å²) in [6, 6.07) is 11.3. The fourth-order valence-electron chi connectivity index (χ4n) is 3.43. The van der Waals surface area contributed by atoms with Crippen LogP contribution in [0.3, 0.4) is 0 Å². The van der Waals surface area contributed by atoms with Crippen molar-refractivity contribution >= 4 is 5.78 Å². The monoisotopic (exact) mass is 339 g/mol. The van der Waals surface area contributed by atoms with E-state index in [0.29, 0.717) is 23.5 Å². The number of carbonyl (C=O) groups is 1. The molecule has 1 saturated heterocycles. The Hall–Kier alpha value is -2.37. The van der Waals surface area contributed by atoms with E-state index in [9.17, 15) is 4.79 Å². The second kappa shape index (κ2) is 6.86. The normalized spacial score (nSPS) is 16.4. The average molecular weight is 339 g/mol. The van der Waals surface area contributed by atoms with Crippen LogP contribution in [-0.4, -0.2) is 57.2 Å². The number of fused-ring (bicyclic) bond motifs is 3. The smallest absolute Gasteiger partial charge is 0.194 e. The number of ketones is 1. The zero-order chi connectivity index (χ0) is 17.2. The summed E-state index contributed by atoms with van der Waals surface area (Å²) in [5.74, 6) is 1.49. The SMILES string of the molecule is COc1ccc2c(c1)C(=O)c1cccc(OCCN3CCOCC3)c1-2. The fourth-order valence-corrected chi connectivity index (χ4v) is 3.43. The lowest BCUT2D eigenvalue weighted by Gasteiger charge is -2.26. The first-order valence-corrected chi connectivity index (χ1v) is 8.57. The first-order valence-electron chi connectivity index (χ1n) is 8.57. The molecule has 25 heavy (non-hydrogen) atoms.